The van der Waals surface area contributed by atoms with Crippen LogP contribution < -0.4 is 15.9 Å². The summed E-state index contributed by atoms with van der Waals surface area (Å²) in [5.74, 6) is 0. The summed E-state index contributed by atoms with van der Waals surface area (Å²) in [4.78, 5) is 0. The van der Waals surface area contributed by atoms with Gasteiger partial charge in [-0.15, -0.1) is 0 Å². The van der Waals surface area contributed by atoms with E-state index in [-0.39, 0.29) is 5.41 Å². The molecular formula is C45H32NOP. The molecule has 10 rings (SSSR count). The number of hydrogen-bond acceptors (Lipinski definition) is 1. The monoisotopic (exact) mass is 633 g/mol. The van der Waals surface area contributed by atoms with Crippen molar-refractivity contribution < 1.29 is 4.57 Å². The first-order valence-corrected chi connectivity index (χ1v) is 18.3. The fourth-order valence-corrected chi connectivity index (χ4v) is 11.8. The standard InChI is InChI=1S/C45H32NOP/c1-45(2)38-27-30(29-13-5-3-6-14-29)21-23-33(38)34-24-22-31(28-39(34)45)46-40-19-11-9-18-37(40)43-41(46)26-25-36-35-17-10-12-20-42(35)48(47,44(36)43)32-15-7-4-8-16-32/h3-28H,1-2H3. The van der Waals surface area contributed by atoms with Gasteiger partial charge in [0.05, 0.1) is 11.0 Å². The Hall–Kier alpha value is -5.43. The van der Waals surface area contributed by atoms with Crippen molar-refractivity contribution in [3.63, 3.8) is 0 Å². The third-order valence-corrected chi connectivity index (χ3v) is 14.0. The lowest BCUT2D eigenvalue weighted by Crippen LogP contribution is -2.21. The molecule has 2 nitrogen and oxygen atoms in total. The molecule has 0 saturated carbocycles. The van der Waals surface area contributed by atoms with Crippen molar-refractivity contribution in [2.45, 2.75) is 19.3 Å². The highest BCUT2D eigenvalue weighted by Crippen LogP contribution is 2.55. The zero-order valence-electron chi connectivity index (χ0n) is 26.8. The molecule has 1 aliphatic carbocycles. The first-order valence-electron chi connectivity index (χ1n) is 16.6. The van der Waals surface area contributed by atoms with Crippen molar-refractivity contribution >= 4 is 44.9 Å². The molecule has 0 radical (unpaired) electrons. The van der Waals surface area contributed by atoms with Crippen LogP contribution in [-0.4, -0.2) is 4.57 Å². The van der Waals surface area contributed by atoms with E-state index >= 15 is 4.57 Å². The van der Waals surface area contributed by atoms with E-state index in [1.54, 1.807) is 0 Å². The molecule has 1 unspecified atom stereocenters. The van der Waals surface area contributed by atoms with Crippen molar-refractivity contribution in [1.29, 1.82) is 0 Å². The Kier molecular flexibility index (Phi) is 5.65. The first-order chi connectivity index (χ1) is 23.5. The summed E-state index contributed by atoms with van der Waals surface area (Å²) < 4.78 is 18.1. The molecule has 1 aromatic heterocycles. The topological polar surface area (TPSA) is 22.0 Å². The molecule has 0 N–H and O–H groups in total. The Morgan fingerprint density at radius 2 is 1.17 bits per heavy atom. The molecule has 1 aliphatic heterocycles. The molecule has 1 atom stereocenters. The molecule has 2 heterocycles. The summed E-state index contributed by atoms with van der Waals surface area (Å²) in [6.45, 7) is 4.70. The Labute approximate surface area is 280 Å². The summed E-state index contributed by atoms with van der Waals surface area (Å²) in [5.41, 5.74) is 13.1. The first kappa shape index (κ1) is 27.7. The van der Waals surface area contributed by atoms with Crippen LogP contribution in [0, 0.1) is 0 Å². The van der Waals surface area contributed by atoms with Crippen LogP contribution in [0.15, 0.2) is 158 Å². The van der Waals surface area contributed by atoms with Gasteiger partial charge in [-0.25, -0.2) is 0 Å². The van der Waals surface area contributed by atoms with Crippen LogP contribution in [-0.2, 0) is 9.98 Å². The van der Waals surface area contributed by atoms with Gasteiger partial charge >= 0.3 is 0 Å². The minimum Gasteiger partial charge on any atom is -0.309 e. The summed E-state index contributed by atoms with van der Waals surface area (Å²) in [6.07, 6.45) is 0. The Balaban J connectivity index is 1.22. The summed E-state index contributed by atoms with van der Waals surface area (Å²) in [5, 5.41) is 4.99. The number of para-hydroxylation sites is 1. The normalized spacial score (nSPS) is 16.9. The van der Waals surface area contributed by atoms with E-state index in [2.05, 4.69) is 140 Å². The summed E-state index contributed by atoms with van der Waals surface area (Å²) >= 11 is 0. The zero-order chi connectivity index (χ0) is 32.2. The second kappa shape index (κ2) is 9.80. The molecule has 48 heavy (non-hydrogen) atoms. The highest BCUT2D eigenvalue weighted by Gasteiger charge is 2.42. The highest BCUT2D eigenvalue weighted by molar-refractivity contribution is 7.86. The maximum Gasteiger partial charge on any atom is 0.172 e. The molecule has 228 valence electrons. The SMILES string of the molecule is CC1(C)c2cc(-c3ccccc3)ccc2-c2ccc(-n3c4ccccc4c4c5c(ccc43)-c3ccccc3P5(=O)c3ccccc3)cc21. The van der Waals surface area contributed by atoms with E-state index in [0.717, 1.165) is 54.5 Å². The molecule has 0 saturated heterocycles. The van der Waals surface area contributed by atoms with Gasteiger partial charge in [-0.2, -0.15) is 0 Å². The largest absolute Gasteiger partial charge is 0.309 e. The van der Waals surface area contributed by atoms with Crippen LogP contribution >= 0.6 is 7.14 Å². The summed E-state index contributed by atoms with van der Waals surface area (Å²) in [7, 11) is -3.15. The van der Waals surface area contributed by atoms with Crippen molar-refractivity contribution in [3.8, 4) is 39.1 Å². The number of benzene rings is 7. The number of aromatic nitrogens is 1. The lowest BCUT2D eigenvalue weighted by atomic mass is 9.81. The highest BCUT2D eigenvalue weighted by atomic mass is 31.2. The molecule has 2 aliphatic rings. The number of rotatable bonds is 3. The third-order valence-electron chi connectivity index (χ3n) is 10.8. The molecule has 7 aromatic carbocycles. The lowest BCUT2D eigenvalue weighted by Gasteiger charge is -2.23. The van der Waals surface area contributed by atoms with Crippen LogP contribution in [0.5, 0.6) is 0 Å². The van der Waals surface area contributed by atoms with E-state index in [9.17, 15) is 0 Å². The quantitative estimate of drug-likeness (QED) is 0.178. The predicted molar refractivity (Wildman–Crippen MR) is 202 cm³/mol. The average molecular weight is 634 g/mol. The van der Waals surface area contributed by atoms with Gasteiger partial charge < -0.3 is 9.13 Å². The van der Waals surface area contributed by atoms with Crippen LogP contribution in [0.25, 0.3) is 60.9 Å². The van der Waals surface area contributed by atoms with Gasteiger partial charge in [-0.1, -0.05) is 141 Å². The molecule has 0 spiro atoms. The van der Waals surface area contributed by atoms with Gasteiger partial charge in [0.1, 0.15) is 0 Å². The van der Waals surface area contributed by atoms with E-state index in [1.807, 2.05) is 36.4 Å². The smallest absolute Gasteiger partial charge is 0.172 e. The molecule has 0 fully saturated rings. The van der Waals surface area contributed by atoms with Crippen LogP contribution in [0.2, 0.25) is 0 Å². The van der Waals surface area contributed by atoms with Gasteiger partial charge in [-0.3, -0.25) is 0 Å². The zero-order valence-corrected chi connectivity index (χ0v) is 27.7. The van der Waals surface area contributed by atoms with Gasteiger partial charge in [0.15, 0.2) is 7.14 Å². The number of nitrogens with zero attached hydrogens (tertiary/aromatic N) is 1. The Morgan fingerprint density at radius 1 is 0.521 bits per heavy atom. The Bertz CT molecular complexity index is 2670. The van der Waals surface area contributed by atoms with Crippen molar-refractivity contribution in [2.24, 2.45) is 0 Å². The van der Waals surface area contributed by atoms with Gasteiger partial charge in [0, 0.05) is 37.8 Å². The second-order valence-electron chi connectivity index (χ2n) is 13.7. The minimum atomic E-state index is -3.15. The maximum atomic E-state index is 15.7. The fraction of sp³-hybridized carbons (Fsp3) is 0.0667. The van der Waals surface area contributed by atoms with Gasteiger partial charge in [-0.05, 0) is 74.8 Å². The predicted octanol–water partition coefficient (Wildman–Crippen LogP) is 10.4. The summed E-state index contributed by atoms with van der Waals surface area (Å²) in [6, 6.07) is 56.0. The number of fused-ring (bicyclic) bond motifs is 10. The molecule has 0 bridgehead atoms. The molecule has 0 amide bonds. The van der Waals surface area contributed by atoms with E-state index in [4.69, 9.17) is 0 Å². The van der Waals surface area contributed by atoms with Crippen molar-refractivity contribution in [2.75, 3.05) is 0 Å². The van der Waals surface area contributed by atoms with Crippen molar-refractivity contribution in [3.05, 3.63) is 169 Å². The average Bonchev–Trinajstić information content (AvgIpc) is 3.70. The molecule has 8 aromatic rings. The fourth-order valence-electron chi connectivity index (χ4n) is 8.54. The van der Waals surface area contributed by atoms with E-state index in [0.29, 0.717) is 0 Å². The lowest BCUT2D eigenvalue weighted by molar-refractivity contribution is 0.593. The van der Waals surface area contributed by atoms with Gasteiger partial charge in [0.25, 0.3) is 0 Å². The molecular weight excluding hydrogens is 601 g/mol. The third kappa shape index (κ3) is 3.56. The van der Waals surface area contributed by atoms with Crippen LogP contribution in [0.1, 0.15) is 25.0 Å². The van der Waals surface area contributed by atoms with Crippen LogP contribution in [0.3, 0.4) is 0 Å². The van der Waals surface area contributed by atoms with E-state index in [1.165, 1.54) is 33.4 Å². The minimum absolute atomic E-state index is 0.171. The van der Waals surface area contributed by atoms with Crippen LogP contribution in [0.4, 0.5) is 0 Å². The second-order valence-corrected chi connectivity index (χ2v) is 16.3. The number of hydrogen-bond donors (Lipinski definition) is 0. The van der Waals surface area contributed by atoms with E-state index < -0.39 is 7.14 Å². The van der Waals surface area contributed by atoms with Gasteiger partial charge in [0.2, 0.25) is 0 Å². The maximum absolute atomic E-state index is 15.7. The Morgan fingerprint density at radius 3 is 1.98 bits per heavy atom. The molecule has 3 heteroatoms. The van der Waals surface area contributed by atoms with Crippen molar-refractivity contribution in [1.82, 2.24) is 4.57 Å².